The third kappa shape index (κ3) is 4.78. The predicted octanol–water partition coefficient (Wildman–Crippen LogP) is 3.96. The summed E-state index contributed by atoms with van der Waals surface area (Å²) in [4.78, 5) is 2.24. The van der Waals surface area contributed by atoms with E-state index in [2.05, 4.69) is 17.1 Å². The lowest BCUT2D eigenvalue weighted by Gasteiger charge is -2.25. The van der Waals surface area contributed by atoms with E-state index in [1.54, 1.807) is 12.1 Å². The van der Waals surface area contributed by atoms with Gasteiger partial charge in [-0.3, -0.25) is 0 Å². The highest BCUT2D eigenvalue weighted by molar-refractivity contribution is 5.46. The van der Waals surface area contributed by atoms with Crippen LogP contribution >= 0.6 is 0 Å². The summed E-state index contributed by atoms with van der Waals surface area (Å²) in [6.07, 6.45) is 7.94. The Bertz CT molecular complexity index is 388. The van der Waals surface area contributed by atoms with E-state index in [9.17, 15) is 4.39 Å². The number of anilines is 1. The Morgan fingerprint density at radius 1 is 1.25 bits per heavy atom. The van der Waals surface area contributed by atoms with Gasteiger partial charge in [0.05, 0.1) is 0 Å². The van der Waals surface area contributed by atoms with Gasteiger partial charge >= 0.3 is 0 Å². The van der Waals surface area contributed by atoms with Crippen LogP contribution in [-0.2, 0) is 0 Å². The average molecular weight is 278 g/mol. The molecule has 1 N–H and O–H groups in total. The molecule has 0 spiro atoms. The molecule has 1 saturated carbocycles. The lowest BCUT2D eigenvalue weighted by molar-refractivity contribution is 0.372. The monoisotopic (exact) mass is 278 g/mol. The molecule has 1 aliphatic carbocycles. The first-order chi connectivity index (χ1) is 9.79. The smallest absolute Gasteiger partial charge is 0.125 e. The zero-order valence-electron chi connectivity index (χ0n) is 12.6. The largest absolute Gasteiger partial charge is 0.372 e. The van der Waals surface area contributed by atoms with Crippen molar-refractivity contribution in [3.05, 3.63) is 30.1 Å². The fraction of sp³-hybridized carbons (Fsp3) is 0.647. The summed E-state index contributed by atoms with van der Waals surface area (Å²) in [6, 6.07) is 7.63. The highest BCUT2D eigenvalue weighted by atomic mass is 19.1. The summed E-state index contributed by atoms with van der Waals surface area (Å²) < 4.78 is 13.3. The molecule has 1 aromatic rings. The minimum Gasteiger partial charge on any atom is -0.372 e. The van der Waals surface area contributed by atoms with E-state index in [0.29, 0.717) is 0 Å². The molecular weight excluding hydrogens is 251 g/mol. The number of hydrogen-bond acceptors (Lipinski definition) is 2. The molecule has 0 atom stereocenters. The molecule has 3 heteroatoms. The van der Waals surface area contributed by atoms with Crippen LogP contribution in [0.3, 0.4) is 0 Å². The lowest BCUT2D eigenvalue weighted by atomic mass is 9.95. The first-order valence-corrected chi connectivity index (χ1v) is 8.03. The molecule has 112 valence electrons. The Labute approximate surface area is 122 Å². The molecule has 1 aliphatic rings. The van der Waals surface area contributed by atoms with Crippen molar-refractivity contribution in [3.63, 3.8) is 0 Å². The molecule has 0 unspecified atom stereocenters. The normalized spacial score (nSPS) is 16.3. The molecule has 0 amide bonds. The van der Waals surface area contributed by atoms with E-state index < -0.39 is 0 Å². The Morgan fingerprint density at radius 3 is 2.75 bits per heavy atom. The van der Waals surface area contributed by atoms with Crippen LogP contribution in [0.1, 0.15) is 45.4 Å². The van der Waals surface area contributed by atoms with Crippen molar-refractivity contribution in [2.45, 2.75) is 51.5 Å². The summed E-state index contributed by atoms with van der Waals surface area (Å²) in [7, 11) is 0. The zero-order chi connectivity index (χ0) is 14.2. The van der Waals surface area contributed by atoms with Crippen LogP contribution < -0.4 is 10.2 Å². The van der Waals surface area contributed by atoms with Crippen LogP contribution in [0.5, 0.6) is 0 Å². The van der Waals surface area contributed by atoms with Gasteiger partial charge in [0.2, 0.25) is 0 Å². The number of nitrogens with one attached hydrogen (secondary N) is 1. The second-order valence-electron chi connectivity index (χ2n) is 5.70. The van der Waals surface area contributed by atoms with Gasteiger partial charge < -0.3 is 10.2 Å². The Hall–Kier alpha value is -1.09. The number of hydrogen-bond donors (Lipinski definition) is 1. The van der Waals surface area contributed by atoms with Crippen molar-refractivity contribution in [2.75, 3.05) is 24.5 Å². The molecule has 0 saturated heterocycles. The maximum Gasteiger partial charge on any atom is 0.125 e. The maximum atomic E-state index is 13.3. The van der Waals surface area contributed by atoms with Crippen LogP contribution in [0.15, 0.2) is 24.3 Å². The standard InChI is InChI=1S/C17H27FN2/c1-2-20(17-11-6-8-15(18)14-17)13-7-12-19-16-9-4-3-5-10-16/h6,8,11,14,16,19H,2-5,7,9-10,12-13H2,1H3. The molecule has 0 aromatic heterocycles. The van der Waals surface area contributed by atoms with E-state index in [-0.39, 0.29) is 5.82 Å². The van der Waals surface area contributed by atoms with Gasteiger partial charge in [-0.15, -0.1) is 0 Å². The Balaban J connectivity index is 1.71. The van der Waals surface area contributed by atoms with Crippen LogP contribution in [-0.4, -0.2) is 25.7 Å². The van der Waals surface area contributed by atoms with Gasteiger partial charge in [-0.25, -0.2) is 4.39 Å². The fourth-order valence-corrected chi connectivity index (χ4v) is 3.03. The van der Waals surface area contributed by atoms with E-state index in [0.717, 1.165) is 37.8 Å². The lowest BCUT2D eigenvalue weighted by Crippen LogP contribution is -2.34. The number of benzene rings is 1. The minimum absolute atomic E-state index is 0.152. The topological polar surface area (TPSA) is 15.3 Å². The number of halogens is 1. The van der Waals surface area contributed by atoms with Crippen molar-refractivity contribution < 1.29 is 4.39 Å². The van der Waals surface area contributed by atoms with E-state index in [1.807, 2.05) is 6.07 Å². The summed E-state index contributed by atoms with van der Waals surface area (Å²) in [6.45, 7) is 5.10. The van der Waals surface area contributed by atoms with Crippen molar-refractivity contribution in [1.29, 1.82) is 0 Å². The summed E-state index contributed by atoms with van der Waals surface area (Å²) in [5.74, 6) is -0.152. The summed E-state index contributed by atoms with van der Waals surface area (Å²) >= 11 is 0. The average Bonchev–Trinajstić information content (AvgIpc) is 2.48. The van der Waals surface area contributed by atoms with E-state index in [4.69, 9.17) is 0 Å². The molecule has 2 rings (SSSR count). The van der Waals surface area contributed by atoms with Gasteiger partial charge in [-0.1, -0.05) is 25.3 Å². The first kappa shape index (κ1) is 15.3. The molecular formula is C17H27FN2. The van der Waals surface area contributed by atoms with Crippen molar-refractivity contribution in [2.24, 2.45) is 0 Å². The third-order valence-electron chi connectivity index (χ3n) is 4.20. The molecule has 2 nitrogen and oxygen atoms in total. The predicted molar refractivity (Wildman–Crippen MR) is 83.8 cm³/mol. The van der Waals surface area contributed by atoms with Crippen LogP contribution in [0.2, 0.25) is 0 Å². The number of nitrogens with zero attached hydrogens (tertiary/aromatic N) is 1. The molecule has 0 bridgehead atoms. The van der Waals surface area contributed by atoms with E-state index in [1.165, 1.54) is 38.2 Å². The summed E-state index contributed by atoms with van der Waals surface area (Å²) in [5.41, 5.74) is 0.991. The highest BCUT2D eigenvalue weighted by Crippen LogP contribution is 2.18. The molecule has 0 aliphatic heterocycles. The number of rotatable bonds is 7. The van der Waals surface area contributed by atoms with Crippen molar-refractivity contribution in [1.82, 2.24) is 5.32 Å². The summed E-state index contributed by atoms with van der Waals surface area (Å²) in [5, 5.41) is 3.66. The zero-order valence-corrected chi connectivity index (χ0v) is 12.6. The van der Waals surface area contributed by atoms with Gasteiger partial charge in [-0.2, -0.15) is 0 Å². The highest BCUT2D eigenvalue weighted by Gasteiger charge is 2.12. The molecule has 0 heterocycles. The van der Waals surface area contributed by atoms with Gasteiger partial charge in [0.15, 0.2) is 0 Å². The van der Waals surface area contributed by atoms with E-state index >= 15 is 0 Å². The van der Waals surface area contributed by atoms with Gasteiger partial charge in [0, 0.05) is 24.8 Å². The second kappa shape index (κ2) is 8.25. The van der Waals surface area contributed by atoms with Crippen LogP contribution in [0.25, 0.3) is 0 Å². The third-order valence-corrected chi connectivity index (χ3v) is 4.20. The molecule has 0 radical (unpaired) electrons. The Kier molecular flexibility index (Phi) is 6.31. The minimum atomic E-state index is -0.152. The molecule has 1 fully saturated rings. The molecule has 20 heavy (non-hydrogen) atoms. The van der Waals surface area contributed by atoms with Crippen LogP contribution in [0.4, 0.5) is 10.1 Å². The first-order valence-electron chi connectivity index (χ1n) is 8.03. The van der Waals surface area contributed by atoms with Crippen LogP contribution in [0, 0.1) is 5.82 Å². The SMILES string of the molecule is CCN(CCCNC1CCCCC1)c1cccc(F)c1. The maximum absolute atomic E-state index is 13.3. The quantitative estimate of drug-likeness (QED) is 0.759. The van der Waals surface area contributed by atoms with Crippen molar-refractivity contribution >= 4 is 5.69 Å². The van der Waals surface area contributed by atoms with Gasteiger partial charge in [0.1, 0.15) is 5.82 Å². The van der Waals surface area contributed by atoms with Crippen molar-refractivity contribution in [3.8, 4) is 0 Å². The fourth-order valence-electron chi connectivity index (χ4n) is 3.03. The molecule has 1 aromatic carbocycles. The van der Waals surface area contributed by atoms with Gasteiger partial charge in [-0.05, 0) is 50.9 Å². The Morgan fingerprint density at radius 2 is 2.05 bits per heavy atom. The van der Waals surface area contributed by atoms with Gasteiger partial charge in [0.25, 0.3) is 0 Å². The second-order valence-corrected chi connectivity index (χ2v) is 5.70.